The normalized spacial score (nSPS) is 12.5. The standard InChI is InChI=1S/C11H19N3O/c1-5-7-9(12-6-2)11-10(15-4)8-13-14(11)3/h5,8-9,12H,1,6-7H2,2-4H3. The average Bonchev–Trinajstić information content (AvgIpc) is 2.59. The summed E-state index contributed by atoms with van der Waals surface area (Å²) in [4.78, 5) is 0. The summed E-state index contributed by atoms with van der Waals surface area (Å²) in [6, 6.07) is 0.218. The predicted molar refractivity (Wildman–Crippen MR) is 61.0 cm³/mol. The van der Waals surface area contributed by atoms with Crippen molar-refractivity contribution >= 4 is 0 Å². The molecule has 0 radical (unpaired) electrons. The van der Waals surface area contributed by atoms with Crippen LogP contribution in [0, 0.1) is 0 Å². The Morgan fingerprint density at radius 3 is 3.00 bits per heavy atom. The smallest absolute Gasteiger partial charge is 0.161 e. The van der Waals surface area contributed by atoms with E-state index in [0.29, 0.717) is 0 Å². The second kappa shape index (κ2) is 5.56. The van der Waals surface area contributed by atoms with Gasteiger partial charge in [0, 0.05) is 7.05 Å². The number of rotatable bonds is 6. The van der Waals surface area contributed by atoms with Gasteiger partial charge in [-0.15, -0.1) is 6.58 Å². The molecule has 1 aromatic heterocycles. The van der Waals surface area contributed by atoms with Crippen LogP contribution in [-0.4, -0.2) is 23.4 Å². The van der Waals surface area contributed by atoms with Gasteiger partial charge in [0.25, 0.3) is 0 Å². The van der Waals surface area contributed by atoms with Crippen LogP contribution in [0.15, 0.2) is 18.9 Å². The molecule has 0 aliphatic rings. The second-order valence-corrected chi connectivity index (χ2v) is 3.36. The van der Waals surface area contributed by atoms with E-state index in [2.05, 4.69) is 23.9 Å². The zero-order valence-electron chi connectivity index (χ0n) is 9.66. The molecule has 1 unspecified atom stereocenters. The van der Waals surface area contributed by atoms with Crippen molar-refractivity contribution in [1.29, 1.82) is 0 Å². The van der Waals surface area contributed by atoms with Gasteiger partial charge in [0.05, 0.1) is 25.0 Å². The summed E-state index contributed by atoms with van der Waals surface area (Å²) in [6.45, 7) is 6.76. The van der Waals surface area contributed by atoms with Crippen molar-refractivity contribution < 1.29 is 4.74 Å². The summed E-state index contributed by atoms with van der Waals surface area (Å²) in [5.74, 6) is 0.824. The van der Waals surface area contributed by atoms with Crippen LogP contribution in [0.1, 0.15) is 25.1 Å². The molecule has 0 aromatic carbocycles. The maximum Gasteiger partial charge on any atom is 0.161 e. The Morgan fingerprint density at radius 1 is 1.73 bits per heavy atom. The van der Waals surface area contributed by atoms with Crippen molar-refractivity contribution in [3.63, 3.8) is 0 Å². The summed E-state index contributed by atoms with van der Waals surface area (Å²) >= 11 is 0. The Balaban J connectivity index is 2.96. The van der Waals surface area contributed by atoms with Crippen molar-refractivity contribution in [3.8, 4) is 5.75 Å². The molecule has 1 N–H and O–H groups in total. The molecule has 1 rings (SSSR count). The topological polar surface area (TPSA) is 39.1 Å². The fourth-order valence-corrected chi connectivity index (χ4v) is 1.69. The minimum Gasteiger partial charge on any atom is -0.493 e. The first kappa shape index (κ1) is 11.8. The second-order valence-electron chi connectivity index (χ2n) is 3.36. The Labute approximate surface area is 90.9 Å². The molecule has 0 fully saturated rings. The van der Waals surface area contributed by atoms with Crippen LogP contribution in [0.5, 0.6) is 5.75 Å². The van der Waals surface area contributed by atoms with Crippen molar-refractivity contribution in [3.05, 3.63) is 24.5 Å². The van der Waals surface area contributed by atoms with E-state index in [-0.39, 0.29) is 6.04 Å². The van der Waals surface area contributed by atoms with Gasteiger partial charge in [-0.3, -0.25) is 4.68 Å². The van der Waals surface area contributed by atoms with Crippen LogP contribution >= 0.6 is 0 Å². The van der Waals surface area contributed by atoms with Crippen LogP contribution in [-0.2, 0) is 7.05 Å². The highest BCUT2D eigenvalue weighted by Crippen LogP contribution is 2.26. The fraction of sp³-hybridized carbons (Fsp3) is 0.545. The molecule has 15 heavy (non-hydrogen) atoms. The molecule has 1 atom stereocenters. The number of methoxy groups -OCH3 is 1. The highest BCUT2D eigenvalue weighted by atomic mass is 16.5. The molecule has 0 aliphatic heterocycles. The van der Waals surface area contributed by atoms with Gasteiger partial charge >= 0.3 is 0 Å². The van der Waals surface area contributed by atoms with Crippen LogP contribution in [0.2, 0.25) is 0 Å². The van der Waals surface area contributed by atoms with Crippen LogP contribution < -0.4 is 10.1 Å². The lowest BCUT2D eigenvalue weighted by molar-refractivity contribution is 0.395. The van der Waals surface area contributed by atoms with Gasteiger partial charge in [-0.05, 0) is 13.0 Å². The lowest BCUT2D eigenvalue weighted by Gasteiger charge is -2.17. The van der Waals surface area contributed by atoms with E-state index in [9.17, 15) is 0 Å². The number of nitrogens with zero attached hydrogens (tertiary/aromatic N) is 2. The SMILES string of the molecule is C=CCC(NCC)c1c(OC)cnn1C. The molecule has 0 spiro atoms. The minimum absolute atomic E-state index is 0.218. The largest absolute Gasteiger partial charge is 0.493 e. The molecule has 0 saturated heterocycles. The van der Waals surface area contributed by atoms with Gasteiger partial charge < -0.3 is 10.1 Å². The summed E-state index contributed by atoms with van der Waals surface area (Å²) in [5.41, 5.74) is 1.07. The maximum absolute atomic E-state index is 5.28. The van der Waals surface area contributed by atoms with E-state index < -0.39 is 0 Å². The number of nitrogens with one attached hydrogen (secondary N) is 1. The van der Waals surface area contributed by atoms with E-state index in [1.54, 1.807) is 13.3 Å². The Kier molecular flexibility index (Phi) is 4.37. The highest BCUT2D eigenvalue weighted by Gasteiger charge is 2.18. The van der Waals surface area contributed by atoms with Crippen molar-refractivity contribution in [2.75, 3.05) is 13.7 Å². The first-order valence-corrected chi connectivity index (χ1v) is 5.14. The Bertz CT molecular complexity index is 320. The molecule has 4 nitrogen and oxygen atoms in total. The third kappa shape index (κ3) is 2.59. The lowest BCUT2D eigenvalue weighted by atomic mass is 10.1. The number of hydrogen-bond donors (Lipinski definition) is 1. The van der Waals surface area contributed by atoms with Gasteiger partial charge in [0.15, 0.2) is 5.75 Å². The summed E-state index contributed by atoms with van der Waals surface area (Å²) in [5, 5.41) is 7.58. The van der Waals surface area contributed by atoms with Crippen molar-refractivity contribution in [1.82, 2.24) is 15.1 Å². The molecular weight excluding hydrogens is 190 g/mol. The quantitative estimate of drug-likeness (QED) is 0.724. The molecule has 84 valence electrons. The minimum atomic E-state index is 0.218. The third-order valence-corrected chi connectivity index (χ3v) is 2.35. The molecule has 1 heterocycles. The lowest BCUT2D eigenvalue weighted by Crippen LogP contribution is -2.23. The van der Waals surface area contributed by atoms with Crippen LogP contribution in [0.3, 0.4) is 0 Å². The fourth-order valence-electron chi connectivity index (χ4n) is 1.69. The van der Waals surface area contributed by atoms with E-state index in [1.807, 2.05) is 17.8 Å². The van der Waals surface area contributed by atoms with Crippen molar-refractivity contribution in [2.45, 2.75) is 19.4 Å². The number of hydrogen-bond acceptors (Lipinski definition) is 3. The predicted octanol–water partition coefficient (Wildman–Crippen LogP) is 1.66. The summed E-state index contributed by atoms with van der Waals surface area (Å²) in [6.07, 6.45) is 4.51. The molecule has 1 aromatic rings. The van der Waals surface area contributed by atoms with Crippen LogP contribution in [0.25, 0.3) is 0 Å². The van der Waals surface area contributed by atoms with E-state index in [1.165, 1.54) is 0 Å². The van der Waals surface area contributed by atoms with E-state index >= 15 is 0 Å². The van der Waals surface area contributed by atoms with E-state index in [4.69, 9.17) is 4.74 Å². The zero-order valence-corrected chi connectivity index (χ0v) is 9.66. The molecule has 0 amide bonds. The molecule has 4 heteroatoms. The Morgan fingerprint density at radius 2 is 2.47 bits per heavy atom. The molecular formula is C11H19N3O. The first-order chi connectivity index (χ1) is 7.24. The van der Waals surface area contributed by atoms with Crippen LogP contribution in [0.4, 0.5) is 0 Å². The molecule has 0 saturated carbocycles. The monoisotopic (exact) mass is 209 g/mol. The van der Waals surface area contributed by atoms with Crippen molar-refractivity contribution in [2.24, 2.45) is 7.05 Å². The van der Waals surface area contributed by atoms with Gasteiger partial charge in [0.1, 0.15) is 0 Å². The number of aromatic nitrogens is 2. The highest BCUT2D eigenvalue weighted by molar-refractivity contribution is 5.28. The van der Waals surface area contributed by atoms with Gasteiger partial charge in [-0.2, -0.15) is 5.10 Å². The van der Waals surface area contributed by atoms with E-state index in [0.717, 1.165) is 24.4 Å². The molecule has 0 aliphatic carbocycles. The van der Waals surface area contributed by atoms with Gasteiger partial charge in [-0.25, -0.2) is 0 Å². The zero-order chi connectivity index (χ0) is 11.3. The summed E-state index contributed by atoms with van der Waals surface area (Å²) < 4.78 is 7.13. The maximum atomic E-state index is 5.28. The number of aryl methyl sites for hydroxylation is 1. The van der Waals surface area contributed by atoms with Gasteiger partial charge in [0.2, 0.25) is 0 Å². The average molecular weight is 209 g/mol. The first-order valence-electron chi connectivity index (χ1n) is 5.14. The van der Waals surface area contributed by atoms with Gasteiger partial charge in [-0.1, -0.05) is 13.0 Å². The summed E-state index contributed by atoms with van der Waals surface area (Å²) in [7, 11) is 3.59. The molecule has 0 bridgehead atoms. The number of ether oxygens (including phenoxy) is 1. The third-order valence-electron chi connectivity index (χ3n) is 2.35. The Hall–Kier alpha value is -1.29.